The number of hydrogen-bond donors (Lipinski definition) is 1. The van der Waals surface area contributed by atoms with Gasteiger partial charge >= 0.3 is 6.29 Å². The Morgan fingerprint density at radius 1 is 1.04 bits per heavy atom. The van der Waals surface area contributed by atoms with E-state index < -0.39 is 6.29 Å². The van der Waals surface area contributed by atoms with Gasteiger partial charge in [-0.3, -0.25) is 4.79 Å². The molecule has 1 amide bonds. The van der Waals surface area contributed by atoms with Crippen LogP contribution in [0.15, 0.2) is 36.4 Å². The summed E-state index contributed by atoms with van der Waals surface area (Å²) in [5, 5.41) is 2.65. The van der Waals surface area contributed by atoms with Gasteiger partial charge in [-0.1, -0.05) is 0 Å². The fourth-order valence-electron chi connectivity index (χ4n) is 2.56. The molecule has 7 heteroatoms. The van der Waals surface area contributed by atoms with Gasteiger partial charge in [-0.05, 0) is 35.9 Å². The number of ether oxygens (including phenoxy) is 3. The van der Waals surface area contributed by atoms with Crippen molar-refractivity contribution in [1.29, 1.82) is 0 Å². The first-order chi connectivity index (χ1) is 11.0. The van der Waals surface area contributed by atoms with Gasteiger partial charge < -0.3 is 19.5 Å². The molecule has 0 aliphatic carbocycles. The number of anilines is 1. The molecule has 2 heterocycles. The summed E-state index contributed by atoms with van der Waals surface area (Å²) in [6, 6.07) is 9.25. The molecule has 0 bridgehead atoms. The van der Waals surface area contributed by atoms with E-state index in [-0.39, 0.29) is 17.4 Å². The summed E-state index contributed by atoms with van der Waals surface area (Å²) in [7, 11) is 0. The van der Waals surface area contributed by atoms with Crippen molar-refractivity contribution in [1.82, 2.24) is 0 Å². The number of benzene rings is 2. The Morgan fingerprint density at radius 2 is 1.83 bits per heavy atom. The van der Waals surface area contributed by atoms with Gasteiger partial charge in [-0.2, -0.15) is 0 Å². The van der Waals surface area contributed by atoms with E-state index in [0.29, 0.717) is 17.9 Å². The Hall–Kier alpha value is -2.83. The minimum atomic E-state index is -3.68. The Labute approximate surface area is 129 Å². The summed E-state index contributed by atoms with van der Waals surface area (Å²) < 4.78 is 40.0. The normalized spacial score (nSPS) is 16.6. The molecule has 118 valence electrons. The highest BCUT2D eigenvalue weighted by atomic mass is 19.3. The van der Waals surface area contributed by atoms with Crippen molar-refractivity contribution < 1.29 is 27.8 Å². The molecule has 0 fully saturated rings. The van der Waals surface area contributed by atoms with Crippen LogP contribution in [0.1, 0.15) is 15.9 Å². The summed E-state index contributed by atoms with van der Waals surface area (Å²) in [5.74, 6) is 0.259. The number of carbonyl (C=O) groups is 1. The number of amides is 1. The highest BCUT2D eigenvalue weighted by Gasteiger charge is 2.43. The van der Waals surface area contributed by atoms with Gasteiger partial charge in [-0.15, -0.1) is 8.78 Å². The molecular weight excluding hydrogens is 308 g/mol. The average molecular weight is 319 g/mol. The Bertz CT molecular complexity index is 807. The van der Waals surface area contributed by atoms with Crippen LogP contribution in [-0.2, 0) is 6.42 Å². The molecule has 0 unspecified atom stereocenters. The van der Waals surface area contributed by atoms with Crippen LogP contribution in [0.4, 0.5) is 14.5 Å². The van der Waals surface area contributed by atoms with Crippen LogP contribution in [0, 0.1) is 0 Å². The first-order valence-electron chi connectivity index (χ1n) is 6.97. The lowest BCUT2D eigenvalue weighted by Crippen LogP contribution is -2.25. The molecular formula is C16H11F2NO4. The second-order valence-electron chi connectivity index (χ2n) is 5.20. The van der Waals surface area contributed by atoms with Crippen molar-refractivity contribution in [3.63, 3.8) is 0 Å². The van der Waals surface area contributed by atoms with Gasteiger partial charge in [-0.25, -0.2) is 0 Å². The molecule has 2 aromatic carbocycles. The molecule has 0 atom stereocenters. The van der Waals surface area contributed by atoms with Crippen LogP contribution in [0.3, 0.4) is 0 Å². The van der Waals surface area contributed by atoms with Gasteiger partial charge in [0.1, 0.15) is 5.75 Å². The van der Waals surface area contributed by atoms with E-state index in [4.69, 9.17) is 4.74 Å². The van der Waals surface area contributed by atoms with E-state index in [0.717, 1.165) is 17.7 Å². The van der Waals surface area contributed by atoms with Crippen molar-refractivity contribution in [3.05, 3.63) is 47.5 Å². The molecule has 1 N–H and O–H groups in total. The lowest BCUT2D eigenvalue weighted by molar-refractivity contribution is -0.286. The first kappa shape index (κ1) is 13.8. The van der Waals surface area contributed by atoms with Crippen LogP contribution in [0.5, 0.6) is 17.2 Å². The number of fused-ring (bicyclic) bond motifs is 2. The van der Waals surface area contributed by atoms with Crippen LogP contribution in [0.2, 0.25) is 0 Å². The smallest absolute Gasteiger partial charge is 0.493 e. The number of alkyl halides is 2. The third-order valence-electron chi connectivity index (χ3n) is 3.61. The van der Waals surface area contributed by atoms with E-state index in [2.05, 4.69) is 14.8 Å². The van der Waals surface area contributed by atoms with Crippen molar-refractivity contribution in [3.8, 4) is 17.2 Å². The number of carbonyl (C=O) groups excluding carboxylic acids is 1. The van der Waals surface area contributed by atoms with Crippen molar-refractivity contribution in [2.24, 2.45) is 0 Å². The van der Waals surface area contributed by atoms with Gasteiger partial charge in [0.25, 0.3) is 5.91 Å². The van der Waals surface area contributed by atoms with E-state index in [1.165, 1.54) is 18.2 Å². The summed E-state index contributed by atoms with van der Waals surface area (Å²) >= 11 is 0. The monoisotopic (exact) mass is 319 g/mol. The number of rotatable bonds is 2. The van der Waals surface area contributed by atoms with Crippen molar-refractivity contribution in [2.75, 3.05) is 11.9 Å². The summed E-state index contributed by atoms with van der Waals surface area (Å²) in [4.78, 5) is 12.3. The van der Waals surface area contributed by atoms with E-state index in [1.807, 2.05) is 0 Å². The first-order valence-corrected chi connectivity index (χ1v) is 6.97. The van der Waals surface area contributed by atoms with Crippen molar-refractivity contribution >= 4 is 11.6 Å². The molecule has 4 rings (SSSR count). The quantitative estimate of drug-likeness (QED) is 0.923. The molecule has 2 aromatic rings. The lowest BCUT2D eigenvalue weighted by Gasteiger charge is -2.07. The number of hydrogen-bond acceptors (Lipinski definition) is 4. The molecule has 23 heavy (non-hydrogen) atoms. The SMILES string of the molecule is O=C(Nc1ccc2c(c1)OC(F)(F)O2)c1ccc2c(c1)CCO2. The third kappa shape index (κ3) is 2.54. The van der Waals surface area contributed by atoms with E-state index >= 15 is 0 Å². The minimum Gasteiger partial charge on any atom is -0.493 e. The highest BCUT2D eigenvalue weighted by molar-refractivity contribution is 6.04. The number of nitrogens with one attached hydrogen (secondary N) is 1. The summed E-state index contributed by atoms with van der Waals surface area (Å²) in [6.45, 7) is 0.608. The standard InChI is InChI=1S/C16H11F2NO4/c17-16(18)22-13-4-2-11(8-14(13)23-16)19-15(20)10-1-3-12-9(7-10)5-6-21-12/h1-4,7-8H,5-6H2,(H,19,20). The van der Waals surface area contributed by atoms with Gasteiger partial charge in [0, 0.05) is 23.7 Å². The molecule has 2 aliphatic rings. The van der Waals surface area contributed by atoms with Crippen molar-refractivity contribution in [2.45, 2.75) is 12.7 Å². The predicted molar refractivity (Wildman–Crippen MR) is 76.2 cm³/mol. The maximum atomic E-state index is 13.0. The Kier molecular flexibility index (Phi) is 2.90. The molecule has 5 nitrogen and oxygen atoms in total. The second kappa shape index (κ2) is 4.84. The lowest BCUT2D eigenvalue weighted by atomic mass is 10.1. The fourth-order valence-corrected chi connectivity index (χ4v) is 2.56. The van der Waals surface area contributed by atoms with E-state index in [1.54, 1.807) is 18.2 Å². The Morgan fingerprint density at radius 3 is 2.70 bits per heavy atom. The average Bonchev–Trinajstić information content (AvgIpc) is 3.07. The highest BCUT2D eigenvalue weighted by Crippen LogP contribution is 2.42. The van der Waals surface area contributed by atoms with E-state index in [9.17, 15) is 13.6 Å². The molecule has 0 aromatic heterocycles. The van der Waals surface area contributed by atoms with Crippen LogP contribution >= 0.6 is 0 Å². The number of halogens is 2. The van der Waals surface area contributed by atoms with Gasteiger partial charge in [0.05, 0.1) is 6.61 Å². The van der Waals surface area contributed by atoms with Gasteiger partial charge in [0.2, 0.25) is 0 Å². The zero-order valence-corrected chi connectivity index (χ0v) is 11.8. The molecule has 0 saturated heterocycles. The molecule has 0 radical (unpaired) electrons. The zero-order chi connectivity index (χ0) is 16.0. The topological polar surface area (TPSA) is 56.8 Å². The maximum absolute atomic E-state index is 13.0. The van der Waals surface area contributed by atoms with Gasteiger partial charge in [0.15, 0.2) is 11.5 Å². The third-order valence-corrected chi connectivity index (χ3v) is 3.61. The zero-order valence-electron chi connectivity index (χ0n) is 11.8. The summed E-state index contributed by atoms with van der Waals surface area (Å²) in [5.41, 5.74) is 1.78. The molecule has 0 saturated carbocycles. The molecule has 0 spiro atoms. The van der Waals surface area contributed by atoms with Crippen LogP contribution in [-0.4, -0.2) is 18.8 Å². The predicted octanol–water partition coefficient (Wildman–Crippen LogP) is 3.20. The van der Waals surface area contributed by atoms with Crippen LogP contribution < -0.4 is 19.5 Å². The second-order valence-corrected chi connectivity index (χ2v) is 5.20. The summed E-state index contributed by atoms with van der Waals surface area (Å²) in [6.07, 6.45) is -2.92. The maximum Gasteiger partial charge on any atom is 0.586 e. The Balaban J connectivity index is 1.54. The molecule has 2 aliphatic heterocycles. The van der Waals surface area contributed by atoms with Crippen LogP contribution in [0.25, 0.3) is 0 Å². The minimum absolute atomic E-state index is 0.0670. The fraction of sp³-hybridized carbons (Fsp3) is 0.188. The largest absolute Gasteiger partial charge is 0.586 e.